The van der Waals surface area contributed by atoms with Gasteiger partial charge in [-0.3, -0.25) is 10.4 Å². The average Bonchev–Trinajstić information content (AvgIpc) is 2.81. The minimum Gasteiger partial charge on any atom is -0.348 e. The van der Waals surface area contributed by atoms with E-state index in [1.165, 1.54) is 25.7 Å². The van der Waals surface area contributed by atoms with E-state index in [4.69, 9.17) is 12.2 Å². The molecule has 0 radical (unpaired) electrons. The quantitative estimate of drug-likeness (QED) is 0.526. The largest absolute Gasteiger partial charge is 0.348 e. The lowest BCUT2D eigenvalue weighted by Crippen LogP contribution is -2.38. The summed E-state index contributed by atoms with van der Waals surface area (Å²) < 4.78 is 0. The Morgan fingerprint density at radius 1 is 1.29 bits per heavy atom. The van der Waals surface area contributed by atoms with Crippen molar-refractivity contribution < 1.29 is 0 Å². The molecule has 0 unspecified atom stereocenters. The highest BCUT2D eigenvalue weighted by molar-refractivity contribution is 7.80. The molecule has 4 nitrogen and oxygen atoms in total. The van der Waals surface area contributed by atoms with Crippen LogP contribution >= 0.6 is 12.2 Å². The number of hydrogen-bond acceptors (Lipinski definition) is 3. The molecule has 1 aromatic heterocycles. The van der Waals surface area contributed by atoms with Crippen LogP contribution in [0.4, 0.5) is 0 Å². The molecule has 0 atom stereocenters. The number of thiocarbonyl (C=S) groups is 1. The average molecular weight is 304 g/mol. The SMILES string of the molecule is CCC/C(=N\NC(=S)N1CCCCCC1)c1ccccn1. The van der Waals surface area contributed by atoms with Gasteiger partial charge >= 0.3 is 0 Å². The summed E-state index contributed by atoms with van der Waals surface area (Å²) in [6.07, 6.45) is 8.77. The first-order valence-corrected chi connectivity index (χ1v) is 8.25. The normalized spacial score (nSPS) is 16.4. The second kappa shape index (κ2) is 8.72. The number of nitrogens with zero attached hydrogens (tertiary/aromatic N) is 3. The molecule has 2 rings (SSSR count). The lowest BCUT2D eigenvalue weighted by Gasteiger charge is -2.22. The number of pyridine rings is 1. The summed E-state index contributed by atoms with van der Waals surface area (Å²) in [5.41, 5.74) is 4.96. The zero-order chi connectivity index (χ0) is 14.9. The number of hydrogen-bond donors (Lipinski definition) is 1. The molecular weight excluding hydrogens is 280 g/mol. The highest BCUT2D eigenvalue weighted by Gasteiger charge is 2.12. The Bertz CT molecular complexity index is 464. The monoisotopic (exact) mass is 304 g/mol. The fourth-order valence-corrected chi connectivity index (χ4v) is 2.70. The van der Waals surface area contributed by atoms with E-state index in [2.05, 4.69) is 27.3 Å². The molecule has 1 fully saturated rings. The number of rotatable bonds is 4. The molecule has 0 saturated carbocycles. The van der Waals surface area contributed by atoms with Gasteiger partial charge in [0.05, 0.1) is 11.4 Å². The Kier molecular flexibility index (Phi) is 6.60. The van der Waals surface area contributed by atoms with Crippen molar-refractivity contribution in [2.24, 2.45) is 5.10 Å². The van der Waals surface area contributed by atoms with Crippen molar-refractivity contribution >= 4 is 23.0 Å². The summed E-state index contributed by atoms with van der Waals surface area (Å²) in [6.45, 7) is 4.22. The van der Waals surface area contributed by atoms with E-state index < -0.39 is 0 Å². The van der Waals surface area contributed by atoms with Gasteiger partial charge in [0.1, 0.15) is 0 Å². The molecule has 1 aromatic rings. The van der Waals surface area contributed by atoms with Crippen LogP contribution < -0.4 is 5.43 Å². The molecule has 0 amide bonds. The van der Waals surface area contributed by atoms with Crippen molar-refractivity contribution in [3.63, 3.8) is 0 Å². The molecule has 0 spiro atoms. The summed E-state index contributed by atoms with van der Waals surface area (Å²) in [4.78, 5) is 6.61. The van der Waals surface area contributed by atoms with Crippen molar-refractivity contribution in [2.75, 3.05) is 13.1 Å². The van der Waals surface area contributed by atoms with Crippen LogP contribution in [0.15, 0.2) is 29.5 Å². The molecule has 0 aliphatic carbocycles. The molecule has 1 saturated heterocycles. The molecule has 114 valence electrons. The van der Waals surface area contributed by atoms with Gasteiger partial charge in [0.15, 0.2) is 5.11 Å². The van der Waals surface area contributed by atoms with Crippen LogP contribution in [0.1, 0.15) is 51.1 Å². The van der Waals surface area contributed by atoms with E-state index in [-0.39, 0.29) is 0 Å². The maximum absolute atomic E-state index is 5.47. The number of hydrazone groups is 1. The predicted octanol–water partition coefficient (Wildman–Crippen LogP) is 3.34. The minimum absolute atomic E-state index is 0.737. The molecule has 1 aliphatic heterocycles. The number of likely N-dealkylation sites (tertiary alicyclic amines) is 1. The summed E-state index contributed by atoms with van der Waals surface area (Å²) in [5, 5.41) is 5.25. The minimum atomic E-state index is 0.737. The summed E-state index contributed by atoms with van der Waals surface area (Å²) in [5.74, 6) is 0. The van der Waals surface area contributed by atoms with Gasteiger partial charge in [-0.1, -0.05) is 32.3 Å². The van der Waals surface area contributed by atoms with Crippen LogP contribution in [0, 0.1) is 0 Å². The van der Waals surface area contributed by atoms with Gasteiger partial charge in [-0.15, -0.1) is 0 Å². The molecule has 2 heterocycles. The second-order valence-electron chi connectivity index (χ2n) is 5.34. The lowest BCUT2D eigenvalue weighted by atomic mass is 10.1. The first-order chi connectivity index (χ1) is 10.3. The maximum atomic E-state index is 5.47. The van der Waals surface area contributed by atoms with Crippen molar-refractivity contribution in [1.82, 2.24) is 15.3 Å². The molecular formula is C16H24N4S. The summed E-state index contributed by atoms with van der Waals surface area (Å²) >= 11 is 5.47. The van der Waals surface area contributed by atoms with Crippen LogP contribution in [0.3, 0.4) is 0 Å². The van der Waals surface area contributed by atoms with Gasteiger partial charge in [-0.25, -0.2) is 0 Å². The van der Waals surface area contributed by atoms with Gasteiger partial charge in [-0.2, -0.15) is 5.10 Å². The van der Waals surface area contributed by atoms with Crippen molar-refractivity contribution in [1.29, 1.82) is 0 Å². The molecule has 1 N–H and O–H groups in total. The van der Waals surface area contributed by atoms with Crippen molar-refractivity contribution in [2.45, 2.75) is 45.4 Å². The second-order valence-corrected chi connectivity index (χ2v) is 5.73. The summed E-state index contributed by atoms with van der Waals surface area (Å²) in [7, 11) is 0. The number of nitrogens with one attached hydrogen (secondary N) is 1. The Hall–Kier alpha value is -1.49. The first-order valence-electron chi connectivity index (χ1n) is 7.84. The standard InChI is InChI=1S/C16H24N4S/c1-2-9-15(14-10-5-6-11-17-14)18-19-16(21)20-12-7-3-4-8-13-20/h5-6,10-11H,2-4,7-9,12-13H2,1H3,(H,19,21)/b18-15+. The Balaban J connectivity index is 2.00. The zero-order valence-corrected chi connectivity index (χ0v) is 13.5. The number of aromatic nitrogens is 1. The maximum Gasteiger partial charge on any atom is 0.189 e. The fraction of sp³-hybridized carbons (Fsp3) is 0.562. The Labute approximate surface area is 132 Å². The van der Waals surface area contributed by atoms with Crippen molar-refractivity contribution in [3.05, 3.63) is 30.1 Å². The zero-order valence-electron chi connectivity index (χ0n) is 12.7. The molecule has 21 heavy (non-hydrogen) atoms. The third-order valence-electron chi connectivity index (χ3n) is 3.63. The predicted molar refractivity (Wildman–Crippen MR) is 91.5 cm³/mol. The van der Waals surface area contributed by atoms with Crippen LogP contribution in [0.25, 0.3) is 0 Å². The van der Waals surface area contributed by atoms with E-state index >= 15 is 0 Å². The topological polar surface area (TPSA) is 40.5 Å². The van der Waals surface area contributed by atoms with Gasteiger partial charge in [0.25, 0.3) is 0 Å². The third kappa shape index (κ3) is 5.08. The van der Waals surface area contributed by atoms with Gasteiger partial charge < -0.3 is 4.90 Å². The van der Waals surface area contributed by atoms with Gasteiger partial charge in [-0.05, 0) is 43.6 Å². The van der Waals surface area contributed by atoms with E-state index in [9.17, 15) is 0 Å². The van der Waals surface area contributed by atoms with E-state index in [1.54, 1.807) is 6.20 Å². The van der Waals surface area contributed by atoms with E-state index in [0.717, 1.165) is 42.4 Å². The molecule has 1 aliphatic rings. The molecule has 0 aromatic carbocycles. The van der Waals surface area contributed by atoms with E-state index in [0.29, 0.717) is 0 Å². The Morgan fingerprint density at radius 3 is 2.67 bits per heavy atom. The van der Waals surface area contributed by atoms with E-state index in [1.807, 2.05) is 18.2 Å². The lowest BCUT2D eigenvalue weighted by molar-refractivity contribution is 0.428. The molecule has 5 heteroatoms. The van der Waals surface area contributed by atoms with Crippen LogP contribution in [-0.4, -0.2) is 33.8 Å². The smallest absolute Gasteiger partial charge is 0.189 e. The van der Waals surface area contributed by atoms with Crippen LogP contribution in [0.5, 0.6) is 0 Å². The fourth-order valence-electron chi connectivity index (χ4n) is 2.47. The Morgan fingerprint density at radius 2 is 2.05 bits per heavy atom. The van der Waals surface area contributed by atoms with Gasteiger partial charge in [0.2, 0.25) is 0 Å². The highest BCUT2D eigenvalue weighted by Crippen LogP contribution is 2.10. The van der Waals surface area contributed by atoms with Crippen LogP contribution in [0.2, 0.25) is 0 Å². The van der Waals surface area contributed by atoms with Crippen LogP contribution in [-0.2, 0) is 0 Å². The summed E-state index contributed by atoms with van der Waals surface area (Å²) in [6, 6.07) is 5.90. The van der Waals surface area contributed by atoms with Crippen molar-refractivity contribution in [3.8, 4) is 0 Å². The first kappa shape index (κ1) is 15.9. The third-order valence-corrected chi connectivity index (χ3v) is 3.98. The van der Waals surface area contributed by atoms with Gasteiger partial charge in [0, 0.05) is 19.3 Å². The highest BCUT2D eigenvalue weighted by atomic mass is 32.1. The molecule has 0 bridgehead atoms.